The molecule has 0 spiro atoms. The molecule has 0 amide bonds. The Morgan fingerprint density at radius 3 is 2.10 bits per heavy atom. The van der Waals surface area contributed by atoms with Crippen LogP contribution in [0.4, 0.5) is 0 Å². The van der Waals surface area contributed by atoms with Crippen LogP contribution in [-0.4, -0.2) is 56.0 Å². The summed E-state index contributed by atoms with van der Waals surface area (Å²) >= 11 is 0. The molecule has 1 aliphatic heterocycles. The molecule has 0 radical (unpaired) electrons. The predicted octanol–water partition coefficient (Wildman–Crippen LogP) is 2.27. The Morgan fingerprint density at radius 1 is 1.10 bits per heavy atom. The standard InChI is InChI=1S/C15H31NO4S/c1-13(2,3)20-9-8-19-11-15(6,7)16-10-14(4,5)12-21(16,17)18/h8-12H2,1-7H3. The van der Waals surface area contributed by atoms with Gasteiger partial charge in [0.05, 0.1) is 36.7 Å². The highest BCUT2D eigenvalue weighted by molar-refractivity contribution is 7.89. The van der Waals surface area contributed by atoms with E-state index in [9.17, 15) is 8.42 Å². The van der Waals surface area contributed by atoms with E-state index in [4.69, 9.17) is 9.47 Å². The van der Waals surface area contributed by atoms with Gasteiger partial charge in [-0.1, -0.05) is 13.8 Å². The van der Waals surface area contributed by atoms with Gasteiger partial charge in [0.25, 0.3) is 0 Å². The van der Waals surface area contributed by atoms with Gasteiger partial charge in [0.15, 0.2) is 0 Å². The highest BCUT2D eigenvalue weighted by Gasteiger charge is 2.47. The first-order valence-electron chi connectivity index (χ1n) is 7.48. The zero-order chi connectivity index (χ0) is 16.5. The molecule has 1 heterocycles. The zero-order valence-corrected chi connectivity index (χ0v) is 15.3. The van der Waals surface area contributed by atoms with E-state index in [1.807, 2.05) is 48.5 Å². The summed E-state index contributed by atoms with van der Waals surface area (Å²) in [5, 5.41) is 0. The maximum absolute atomic E-state index is 12.3. The van der Waals surface area contributed by atoms with Gasteiger partial charge < -0.3 is 9.47 Å². The van der Waals surface area contributed by atoms with Crippen molar-refractivity contribution in [1.82, 2.24) is 4.31 Å². The van der Waals surface area contributed by atoms with Crippen molar-refractivity contribution in [2.45, 2.75) is 59.6 Å². The molecule has 0 saturated carbocycles. The summed E-state index contributed by atoms with van der Waals surface area (Å²) in [6, 6.07) is 0. The highest BCUT2D eigenvalue weighted by Crippen LogP contribution is 2.35. The Balaban J connectivity index is 2.51. The molecular formula is C15H31NO4S. The Hall–Kier alpha value is -0.170. The molecule has 0 unspecified atom stereocenters. The fourth-order valence-corrected chi connectivity index (χ4v) is 5.08. The van der Waals surface area contributed by atoms with E-state index < -0.39 is 15.6 Å². The van der Waals surface area contributed by atoms with Crippen molar-refractivity contribution in [3.05, 3.63) is 0 Å². The fraction of sp³-hybridized carbons (Fsp3) is 1.00. The van der Waals surface area contributed by atoms with Crippen molar-refractivity contribution in [3.8, 4) is 0 Å². The topological polar surface area (TPSA) is 55.8 Å². The van der Waals surface area contributed by atoms with Crippen molar-refractivity contribution in [3.63, 3.8) is 0 Å². The number of ether oxygens (including phenoxy) is 2. The quantitative estimate of drug-likeness (QED) is 0.704. The predicted molar refractivity (Wildman–Crippen MR) is 84.9 cm³/mol. The van der Waals surface area contributed by atoms with E-state index >= 15 is 0 Å². The fourth-order valence-electron chi connectivity index (χ4n) is 2.50. The summed E-state index contributed by atoms with van der Waals surface area (Å²) in [6.07, 6.45) is 0. The lowest BCUT2D eigenvalue weighted by molar-refractivity contribution is -0.0463. The summed E-state index contributed by atoms with van der Waals surface area (Å²) in [6.45, 7) is 15.7. The first-order valence-corrected chi connectivity index (χ1v) is 9.08. The van der Waals surface area contributed by atoms with Gasteiger partial charge in [-0.05, 0) is 40.0 Å². The van der Waals surface area contributed by atoms with Crippen LogP contribution in [0, 0.1) is 5.41 Å². The van der Waals surface area contributed by atoms with Crippen molar-refractivity contribution in [1.29, 1.82) is 0 Å². The molecule has 1 fully saturated rings. The van der Waals surface area contributed by atoms with Crippen LogP contribution in [-0.2, 0) is 19.5 Å². The third-order valence-corrected chi connectivity index (χ3v) is 5.81. The second kappa shape index (κ2) is 6.14. The molecule has 1 saturated heterocycles. The lowest BCUT2D eigenvalue weighted by atomic mass is 9.95. The Morgan fingerprint density at radius 2 is 1.67 bits per heavy atom. The molecule has 5 nitrogen and oxygen atoms in total. The van der Waals surface area contributed by atoms with Crippen LogP contribution in [0.1, 0.15) is 48.5 Å². The van der Waals surface area contributed by atoms with Gasteiger partial charge in [0.2, 0.25) is 10.0 Å². The molecule has 0 aliphatic carbocycles. The molecule has 1 aliphatic rings. The number of nitrogens with zero attached hydrogens (tertiary/aromatic N) is 1. The average Bonchev–Trinajstić information content (AvgIpc) is 2.45. The van der Waals surface area contributed by atoms with Crippen molar-refractivity contribution in [2.24, 2.45) is 5.41 Å². The molecular weight excluding hydrogens is 290 g/mol. The van der Waals surface area contributed by atoms with E-state index in [-0.39, 0.29) is 16.8 Å². The molecule has 6 heteroatoms. The molecule has 126 valence electrons. The minimum atomic E-state index is -3.20. The zero-order valence-electron chi connectivity index (χ0n) is 14.5. The van der Waals surface area contributed by atoms with Gasteiger partial charge in [-0.2, -0.15) is 4.31 Å². The number of hydrogen-bond acceptors (Lipinski definition) is 4. The monoisotopic (exact) mass is 321 g/mol. The Bertz CT molecular complexity index is 449. The summed E-state index contributed by atoms with van der Waals surface area (Å²) in [5.74, 6) is 0.205. The largest absolute Gasteiger partial charge is 0.377 e. The SMILES string of the molecule is CC1(C)CN(C(C)(C)COCCOC(C)(C)C)S(=O)(=O)C1. The van der Waals surface area contributed by atoms with E-state index in [0.717, 1.165) is 0 Å². The Kier molecular flexibility index (Phi) is 5.52. The lowest BCUT2D eigenvalue weighted by Gasteiger charge is -2.34. The van der Waals surface area contributed by atoms with E-state index in [1.54, 1.807) is 4.31 Å². The first kappa shape index (κ1) is 18.9. The van der Waals surface area contributed by atoms with E-state index in [2.05, 4.69) is 0 Å². The summed E-state index contributed by atoms with van der Waals surface area (Å²) in [5.41, 5.74) is -0.916. The summed E-state index contributed by atoms with van der Waals surface area (Å²) in [4.78, 5) is 0. The summed E-state index contributed by atoms with van der Waals surface area (Å²) < 4.78 is 37.4. The van der Waals surface area contributed by atoms with Gasteiger partial charge in [0, 0.05) is 6.54 Å². The second-order valence-electron chi connectivity index (χ2n) is 8.25. The molecule has 0 N–H and O–H groups in total. The second-order valence-corrected chi connectivity index (χ2v) is 10.1. The Labute approximate surface area is 130 Å². The average molecular weight is 321 g/mol. The smallest absolute Gasteiger partial charge is 0.215 e. The molecule has 0 aromatic carbocycles. The van der Waals surface area contributed by atoms with Crippen LogP contribution in [0.3, 0.4) is 0 Å². The molecule has 21 heavy (non-hydrogen) atoms. The van der Waals surface area contributed by atoms with Gasteiger partial charge in [-0.3, -0.25) is 0 Å². The van der Waals surface area contributed by atoms with Gasteiger partial charge in [-0.25, -0.2) is 8.42 Å². The van der Waals surface area contributed by atoms with Crippen molar-refractivity contribution >= 4 is 10.0 Å². The van der Waals surface area contributed by atoms with Crippen LogP contribution in [0.15, 0.2) is 0 Å². The third kappa shape index (κ3) is 5.85. The molecule has 0 bridgehead atoms. The van der Waals surface area contributed by atoms with E-state index in [0.29, 0.717) is 26.4 Å². The minimum Gasteiger partial charge on any atom is -0.377 e. The molecule has 0 atom stereocenters. The van der Waals surface area contributed by atoms with Crippen molar-refractivity contribution < 1.29 is 17.9 Å². The molecule has 0 aromatic rings. The molecule has 0 aromatic heterocycles. The maximum Gasteiger partial charge on any atom is 0.215 e. The van der Waals surface area contributed by atoms with Gasteiger partial charge in [-0.15, -0.1) is 0 Å². The normalized spacial score (nSPS) is 22.6. The summed E-state index contributed by atoms with van der Waals surface area (Å²) in [7, 11) is -3.20. The van der Waals surface area contributed by atoms with Crippen LogP contribution in [0.2, 0.25) is 0 Å². The number of hydrogen-bond donors (Lipinski definition) is 0. The first-order chi connectivity index (χ1) is 9.25. The maximum atomic E-state index is 12.3. The van der Waals surface area contributed by atoms with Crippen LogP contribution < -0.4 is 0 Å². The van der Waals surface area contributed by atoms with Crippen LogP contribution in [0.25, 0.3) is 0 Å². The minimum absolute atomic E-state index is 0.179. The van der Waals surface area contributed by atoms with Gasteiger partial charge in [0.1, 0.15) is 0 Å². The third-order valence-electron chi connectivity index (χ3n) is 3.37. The van der Waals surface area contributed by atoms with Crippen molar-refractivity contribution in [2.75, 3.05) is 32.1 Å². The number of sulfonamides is 1. The molecule has 1 rings (SSSR count). The number of rotatable bonds is 6. The van der Waals surface area contributed by atoms with E-state index in [1.165, 1.54) is 0 Å². The van der Waals surface area contributed by atoms with Crippen LogP contribution >= 0.6 is 0 Å². The lowest BCUT2D eigenvalue weighted by Crippen LogP contribution is -2.48. The van der Waals surface area contributed by atoms with Crippen LogP contribution in [0.5, 0.6) is 0 Å². The van der Waals surface area contributed by atoms with Gasteiger partial charge >= 0.3 is 0 Å². The highest BCUT2D eigenvalue weighted by atomic mass is 32.2.